The van der Waals surface area contributed by atoms with Gasteiger partial charge in [0.2, 0.25) is 5.91 Å². The molecule has 2 atom stereocenters. The van der Waals surface area contributed by atoms with E-state index in [9.17, 15) is 9.59 Å². The summed E-state index contributed by atoms with van der Waals surface area (Å²) in [7, 11) is 0. The summed E-state index contributed by atoms with van der Waals surface area (Å²) < 4.78 is 5.32. The number of ether oxygens (including phenoxy) is 1. The fraction of sp³-hybridized carbons (Fsp3) is 0.154. The number of anilines is 1. The van der Waals surface area contributed by atoms with Gasteiger partial charge in [-0.1, -0.05) is 24.3 Å². The van der Waals surface area contributed by atoms with Gasteiger partial charge >= 0.3 is 5.97 Å². The molecule has 2 aromatic heterocycles. The number of amides is 1. The van der Waals surface area contributed by atoms with Crippen molar-refractivity contribution in [1.29, 1.82) is 0 Å². The molecule has 158 valence electrons. The Labute approximate surface area is 185 Å². The van der Waals surface area contributed by atoms with Gasteiger partial charge in [0.05, 0.1) is 11.3 Å². The van der Waals surface area contributed by atoms with Crippen LogP contribution < -0.4 is 5.32 Å². The van der Waals surface area contributed by atoms with Crippen LogP contribution in [0.5, 0.6) is 0 Å². The van der Waals surface area contributed by atoms with E-state index >= 15 is 0 Å². The van der Waals surface area contributed by atoms with Crippen molar-refractivity contribution in [3.05, 3.63) is 102 Å². The van der Waals surface area contributed by atoms with Crippen molar-refractivity contribution in [3.63, 3.8) is 0 Å². The van der Waals surface area contributed by atoms with Gasteiger partial charge in [-0.3, -0.25) is 14.8 Å². The molecule has 6 nitrogen and oxygen atoms in total. The Bertz CT molecular complexity index is 1270. The number of hydrogen-bond acceptors (Lipinski definition) is 5. The topological polar surface area (TPSA) is 81.2 Å². The molecular formula is C26H21N3O3. The molecule has 1 aliphatic carbocycles. The Hall–Kier alpha value is -4.06. The number of fused-ring (bicyclic) bond motifs is 1. The molecule has 0 saturated heterocycles. The van der Waals surface area contributed by atoms with Crippen molar-refractivity contribution in [2.45, 2.75) is 18.9 Å². The van der Waals surface area contributed by atoms with E-state index in [-0.39, 0.29) is 24.3 Å². The Morgan fingerprint density at radius 2 is 1.84 bits per heavy atom. The molecule has 4 aromatic rings. The smallest absolute Gasteiger partial charge is 0.338 e. The normalized spacial score (nSPS) is 17.0. The second kappa shape index (κ2) is 8.59. The van der Waals surface area contributed by atoms with Crippen LogP contribution >= 0.6 is 0 Å². The molecule has 2 heterocycles. The zero-order valence-corrected chi connectivity index (χ0v) is 17.3. The van der Waals surface area contributed by atoms with E-state index in [2.05, 4.69) is 15.3 Å². The maximum atomic E-state index is 12.7. The van der Waals surface area contributed by atoms with E-state index < -0.39 is 5.97 Å². The first-order valence-corrected chi connectivity index (χ1v) is 10.5. The van der Waals surface area contributed by atoms with Crippen molar-refractivity contribution in [1.82, 2.24) is 9.97 Å². The second-order valence-electron chi connectivity index (χ2n) is 7.89. The molecule has 5 rings (SSSR count). The lowest BCUT2D eigenvalue weighted by atomic mass is 10.1. The van der Waals surface area contributed by atoms with Gasteiger partial charge < -0.3 is 10.1 Å². The number of carbonyl (C=O) groups is 2. The van der Waals surface area contributed by atoms with Gasteiger partial charge in [-0.05, 0) is 65.8 Å². The number of nitrogens with one attached hydrogen (secondary N) is 1. The summed E-state index contributed by atoms with van der Waals surface area (Å²) in [5.74, 6) is -0.274. The second-order valence-corrected chi connectivity index (χ2v) is 7.89. The van der Waals surface area contributed by atoms with Crippen LogP contribution in [0.4, 0.5) is 5.69 Å². The van der Waals surface area contributed by atoms with Gasteiger partial charge in [0, 0.05) is 35.6 Å². The van der Waals surface area contributed by atoms with Crippen LogP contribution in [0.25, 0.3) is 10.8 Å². The van der Waals surface area contributed by atoms with Crippen molar-refractivity contribution < 1.29 is 14.3 Å². The van der Waals surface area contributed by atoms with Crippen LogP contribution in [0.1, 0.15) is 34.0 Å². The molecule has 1 amide bonds. The van der Waals surface area contributed by atoms with E-state index in [0.717, 1.165) is 28.4 Å². The first kappa shape index (κ1) is 19.9. The summed E-state index contributed by atoms with van der Waals surface area (Å²) in [6.07, 6.45) is 6.00. The SMILES string of the molecule is O=C(OCc1ccccn1)c1ccc([C@@H]2C[C@H]2C(=O)Nc2ccc3cnccc3c2)cc1. The van der Waals surface area contributed by atoms with Crippen LogP contribution in [0.3, 0.4) is 0 Å². The van der Waals surface area contributed by atoms with Gasteiger partial charge in [-0.15, -0.1) is 0 Å². The fourth-order valence-corrected chi connectivity index (χ4v) is 3.82. The molecule has 0 spiro atoms. The zero-order valence-electron chi connectivity index (χ0n) is 17.3. The van der Waals surface area contributed by atoms with Crippen LogP contribution in [-0.2, 0) is 16.1 Å². The standard InChI is InChI=1S/C26H21N3O3/c30-25(29-21-9-8-20-15-27-12-10-19(20)13-21)24-14-23(24)17-4-6-18(7-5-17)26(31)32-16-22-3-1-2-11-28-22/h1-13,15,23-24H,14,16H2,(H,29,30)/t23-,24+/m0/s1. The van der Waals surface area contributed by atoms with Gasteiger partial charge in [-0.2, -0.15) is 0 Å². The highest BCUT2D eigenvalue weighted by Gasteiger charge is 2.43. The number of carbonyl (C=O) groups excluding carboxylic acids is 2. The monoisotopic (exact) mass is 423 g/mol. The summed E-state index contributed by atoms with van der Waals surface area (Å²) in [4.78, 5) is 33.2. The van der Waals surface area contributed by atoms with Crippen LogP contribution in [0, 0.1) is 5.92 Å². The Balaban J connectivity index is 1.17. The predicted octanol–water partition coefficient (Wildman–Crippen LogP) is 4.73. The highest BCUT2D eigenvalue weighted by atomic mass is 16.5. The Kier molecular flexibility index (Phi) is 5.34. The van der Waals surface area contributed by atoms with E-state index in [1.165, 1.54) is 0 Å². The number of rotatable bonds is 6. The van der Waals surface area contributed by atoms with Gasteiger partial charge in [0.1, 0.15) is 6.61 Å². The van der Waals surface area contributed by atoms with Crippen molar-refractivity contribution in [2.75, 3.05) is 5.32 Å². The molecule has 1 N–H and O–H groups in total. The largest absolute Gasteiger partial charge is 0.456 e. The van der Waals surface area contributed by atoms with Crippen LogP contribution in [-0.4, -0.2) is 21.8 Å². The van der Waals surface area contributed by atoms with Crippen molar-refractivity contribution in [2.24, 2.45) is 5.92 Å². The molecule has 1 aliphatic rings. The third-order valence-electron chi connectivity index (χ3n) is 5.69. The highest BCUT2D eigenvalue weighted by molar-refractivity contribution is 5.97. The number of aromatic nitrogens is 2. The highest BCUT2D eigenvalue weighted by Crippen LogP contribution is 2.48. The summed E-state index contributed by atoms with van der Waals surface area (Å²) in [5, 5.41) is 5.09. The van der Waals surface area contributed by atoms with Crippen LogP contribution in [0.2, 0.25) is 0 Å². The maximum Gasteiger partial charge on any atom is 0.338 e. The Morgan fingerprint density at radius 1 is 0.969 bits per heavy atom. The van der Waals surface area contributed by atoms with E-state index in [4.69, 9.17) is 4.74 Å². The zero-order chi connectivity index (χ0) is 21.9. The molecule has 1 fully saturated rings. The van der Waals surface area contributed by atoms with Crippen molar-refractivity contribution in [3.8, 4) is 0 Å². The first-order chi connectivity index (χ1) is 15.7. The van der Waals surface area contributed by atoms with Gasteiger partial charge in [-0.25, -0.2) is 4.79 Å². The molecule has 0 bridgehead atoms. The predicted molar refractivity (Wildman–Crippen MR) is 121 cm³/mol. The molecule has 0 unspecified atom stereocenters. The number of hydrogen-bond donors (Lipinski definition) is 1. The van der Waals surface area contributed by atoms with E-state index in [1.807, 2.05) is 54.6 Å². The number of benzene rings is 2. The van der Waals surface area contributed by atoms with Crippen molar-refractivity contribution >= 4 is 28.3 Å². The average Bonchev–Trinajstić information content (AvgIpc) is 3.64. The number of pyridine rings is 2. The van der Waals surface area contributed by atoms with E-state index in [1.54, 1.807) is 30.7 Å². The summed E-state index contributed by atoms with van der Waals surface area (Å²) in [6, 6.07) is 20.5. The third kappa shape index (κ3) is 4.34. The maximum absolute atomic E-state index is 12.7. The molecule has 6 heteroatoms. The minimum atomic E-state index is -0.390. The molecule has 0 aliphatic heterocycles. The molecule has 0 radical (unpaired) electrons. The summed E-state index contributed by atoms with van der Waals surface area (Å²) in [5.41, 5.74) is 3.02. The summed E-state index contributed by atoms with van der Waals surface area (Å²) in [6.45, 7) is 0.136. The molecule has 2 aromatic carbocycles. The third-order valence-corrected chi connectivity index (χ3v) is 5.69. The molecule has 32 heavy (non-hydrogen) atoms. The van der Waals surface area contributed by atoms with Gasteiger partial charge in [0.15, 0.2) is 0 Å². The fourth-order valence-electron chi connectivity index (χ4n) is 3.82. The van der Waals surface area contributed by atoms with Crippen LogP contribution in [0.15, 0.2) is 85.3 Å². The lowest BCUT2D eigenvalue weighted by Crippen LogP contribution is -2.14. The number of esters is 1. The molecule has 1 saturated carbocycles. The minimum absolute atomic E-state index is 0.0160. The molecular weight excluding hydrogens is 402 g/mol. The lowest BCUT2D eigenvalue weighted by molar-refractivity contribution is -0.117. The minimum Gasteiger partial charge on any atom is -0.456 e. The Morgan fingerprint density at radius 3 is 2.66 bits per heavy atom. The lowest BCUT2D eigenvalue weighted by Gasteiger charge is -2.07. The summed E-state index contributed by atoms with van der Waals surface area (Å²) >= 11 is 0. The first-order valence-electron chi connectivity index (χ1n) is 10.5. The van der Waals surface area contributed by atoms with Gasteiger partial charge in [0.25, 0.3) is 0 Å². The number of nitrogens with zero attached hydrogens (tertiary/aromatic N) is 2. The van der Waals surface area contributed by atoms with E-state index in [0.29, 0.717) is 11.3 Å². The average molecular weight is 423 g/mol. The quantitative estimate of drug-likeness (QED) is 0.454.